The van der Waals surface area contributed by atoms with Crippen molar-refractivity contribution in [3.63, 3.8) is 0 Å². The number of oxazole rings is 1. The van der Waals surface area contributed by atoms with Gasteiger partial charge in [0.05, 0.1) is 19.0 Å². The lowest BCUT2D eigenvalue weighted by atomic mass is 10.2. The van der Waals surface area contributed by atoms with E-state index in [0.717, 1.165) is 12.8 Å². The van der Waals surface area contributed by atoms with E-state index in [9.17, 15) is 22.8 Å². The summed E-state index contributed by atoms with van der Waals surface area (Å²) in [5.74, 6) is -0.977. The molecular weight excluding hydrogens is 476 g/mol. The Morgan fingerprint density at radius 2 is 1.86 bits per heavy atom. The number of amides is 3. The molecule has 12 heteroatoms. The number of urea groups is 1. The minimum absolute atomic E-state index is 0.00763. The molecule has 1 aromatic carbocycles. The van der Waals surface area contributed by atoms with Gasteiger partial charge in [0.1, 0.15) is 5.52 Å². The third-order valence-electron chi connectivity index (χ3n) is 6.04. The minimum Gasteiger partial charge on any atom is -0.434 e. The number of ketones is 1. The average molecular weight is 507 g/mol. The summed E-state index contributed by atoms with van der Waals surface area (Å²) >= 11 is 0. The molecule has 4 rings (SSSR count). The van der Waals surface area contributed by atoms with Gasteiger partial charge in [0.15, 0.2) is 20.7 Å². The Bertz CT molecular complexity index is 1140. The van der Waals surface area contributed by atoms with Crippen molar-refractivity contribution in [2.75, 3.05) is 45.1 Å². The lowest BCUT2D eigenvalue weighted by molar-refractivity contribution is -0.120. The Balaban J connectivity index is 1.29. The van der Waals surface area contributed by atoms with E-state index in [1.165, 1.54) is 4.90 Å². The predicted molar refractivity (Wildman–Crippen MR) is 127 cm³/mol. The molecule has 0 spiro atoms. The highest BCUT2D eigenvalue weighted by molar-refractivity contribution is 7.92. The van der Waals surface area contributed by atoms with Crippen LogP contribution >= 0.6 is 0 Å². The standard InChI is InChI=1S/C23H30N4O7S/c28-18(22-26-17-4-1-2-6-19(17)34-22)5-3-9-24-21(29)20(35(31,32)15-16-7-8-16)14-25-23(30)27-10-12-33-13-11-27/h1-2,4,6,16,20H,3,5,7-15H2,(H,24,29)(H,25,30). The highest BCUT2D eigenvalue weighted by atomic mass is 32.2. The fourth-order valence-electron chi connectivity index (χ4n) is 3.84. The Kier molecular flexibility index (Phi) is 8.01. The maximum absolute atomic E-state index is 12.9. The number of rotatable bonds is 11. The number of Topliss-reactive ketones (excluding diaryl/α,β-unsaturated/α-hetero) is 1. The van der Waals surface area contributed by atoms with E-state index < -0.39 is 27.0 Å². The van der Waals surface area contributed by atoms with Crippen LogP contribution in [-0.2, 0) is 19.4 Å². The van der Waals surface area contributed by atoms with Crippen molar-refractivity contribution in [2.24, 2.45) is 5.92 Å². The quantitative estimate of drug-likeness (QED) is 0.341. The number of sulfone groups is 1. The normalized spacial score (nSPS) is 17.2. The Labute approximate surface area is 203 Å². The average Bonchev–Trinajstić information content (AvgIpc) is 3.54. The first-order valence-electron chi connectivity index (χ1n) is 11.8. The third kappa shape index (κ3) is 6.79. The van der Waals surface area contributed by atoms with Gasteiger partial charge in [-0.3, -0.25) is 9.59 Å². The van der Waals surface area contributed by atoms with Crippen LogP contribution in [-0.4, -0.2) is 86.4 Å². The molecular formula is C23H30N4O7S. The highest BCUT2D eigenvalue weighted by Gasteiger charge is 2.38. The summed E-state index contributed by atoms with van der Waals surface area (Å²) in [6, 6.07) is 6.63. The van der Waals surface area contributed by atoms with E-state index in [2.05, 4.69) is 15.6 Å². The van der Waals surface area contributed by atoms with E-state index in [-0.39, 0.29) is 42.9 Å². The Morgan fingerprint density at radius 3 is 2.57 bits per heavy atom. The van der Waals surface area contributed by atoms with Crippen molar-refractivity contribution >= 4 is 38.7 Å². The molecule has 0 bridgehead atoms. The van der Waals surface area contributed by atoms with Crippen molar-refractivity contribution in [3.05, 3.63) is 30.2 Å². The van der Waals surface area contributed by atoms with Gasteiger partial charge in [-0.25, -0.2) is 18.2 Å². The second-order valence-electron chi connectivity index (χ2n) is 8.85. The van der Waals surface area contributed by atoms with Crippen LogP contribution in [0.3, 0.4) is 0 Å². The maximum atomic E-state index is 12.9. The van der Waals surface area contributed by atoms with Crippen LogP contribution < -0.4 is 10.6 Å². The van der Waals surface area contributed by atoms with Crippen LogP contribution in [0, 0.1) is 5.92 Å². The molecule has 1 saturated heterocycles. The van der Waals surface area contributed by atoms with Crippen molar-refractivity contribution < 1.29 is 32.0 Å². The second-order valence-corrected chi connectivity index (χ2v) is 11.1. The van der Waals surface area contributed by atoms with E-state index in [1.54, 1.807) is 24.3 Å². The fraction of sp³-hybridized carbons (Fsp3) is 0.565. The van der Waals surface area contributed by atoms with Gasteiger partial charge in [0, 0.05) is 32.6 Å². The molecule has 11 nitrogen and oxygen atoms in total. The van der Waals surface area contributed by atoms with Gasteiger partial charge in [-0.1, -0.05) is 12.1 Å². The van der Waals surface area contributed by atoms with Crippen molar-refractivity contribution in [1.82, 2.24) is 20.5 Å². The molecule has 3 amide bonds. The van der Waals surface area contributed by atoms with Crippen molar-refractivity contribution in [2.45, 2.75) is 30.9 Å². The summed E-state index contributed by atoms with van der Waals surface area (Å²) < 4.78 is 36.5. The van der Waals surface area contributed by atoms with Gasteiger partial charge < -0.3 is 24.7 Å². The first-order chi connectivity index (χ1) is 16.8. The lowest BCUT2D eigenvalue weighted by Gasteiger charge is -2.27. The van der Waals surface area contributed by atoms with Crippen molar-refractivity contribution in [3.8, 4) is 0 Å². The van der Waals surface area contributed by atoms with Crippen LogP contribution in [0.4, 0.5) is 4.79 Å². The smallest absolute Gasteiger partial charge is 0.317 e. The number of hydrogen-bond acceptors (Lipinski definition) is 8. The maximum Gasteiger partial charge on any atom is 0.317 e. The number of carbonyl (C=O) groups is 3. The summed E-state index contributed by atoms with van der Waals surface area (Å²) in [4.78, 5) is 43.3. The Hall–Kier alpha value is -2.99. The van der Waals surface area contributed by atoms with Gasteiger partial charge in [0.2, 0.25) is 11.7 Å². The Morgan fingerprint density at radius 1 is 1.11 bits per heavy atom. The van der Waals surface area contributed by atoms with Crippen LogP contribution in [0.1, 0.15) is 36.4 Å². The van der Waals surface area contributed by atoms with E-state index in [1.807, 2.05) is 0 Å². The largest absolute Gasteiger partial charge is 0.434 e. The molecule has 1 atom stereocenters. The zero-order chi connectivity index (χ0) is 24.8. The molecule has 1 unspecified atom stereocenters. The van der Waals surface area contributed by atoms with Crippen LogP contribution in [0.2, 0.25) is 0 Å². The molecule has 2 aliphatic rings. The van der Waals surface area contributed by atoms with Crippen LogP contribution in [0.5, 0.6) is 0 Å². The summed E-state index contributed by atoms with van der Waals surface area (Å²) in [5.41, 5.74) is 1.11. The summed E-state index contributed by atoms with van der Waals surface area (Å²) in [7, 11) is -3.76. The molecule has 2 aromatic rings. The molecule has 2 fully saturated rings. The number of nitrogens with zero attached hydrogens (tertiary/aromatic N) is 2. The minimum atomic E-state index is -3.76. The monoisotopic (exact) mass is 506 g/mol. The number of morpholine rings is 1. The van der Waals surface area contributed by atoms with Gasteiger partial charge in [0.25, 0.3) is 5.89 Å². The molecule has 190 valence electrons. The molecule has 0 radical (unpaired) electrons. The van der Waals surface area contributed by atoms with Gasteiger partial charge in [-0.15, -0.1) is 0 Å². The molecule has 2 N–H and O–H groups in total. The van der Waals surface area contributed by atoms with Crippen LogP contribution in [0.15, 0.2) is 28.7 Å². The second kappa shape index (κ2) is 11.2. The molecule has 1 aliphatic carbocycles. The van der Waals surface area contributed by atoms with Gasteiger partial charge >= 0.3 is 6.03 Å². The number of fused-ring (bicyclic) bond motifs is 1. The number of nitrogens with one attached hydrogen (secondary N) is 2. The van der Waals surface area contributed by atoms with Gasteiger partial charge in [-0.2, -0.15) is 0 Å². The summed E-state index contributed by atoms with van der Waals surface area (Å²) in [6.07, 6.45) is 2.02. The van der Waals surface area contributed by atoms with E-state index in [0.29, 0.717) is 43.8 Å². The molecule has 1 saturated carbocycles. The number of para-hydroxylation sites is 2. The fourth-order valence-corrected chi connectivity index (χ4v) is 5.81. The molecule has 1 aliphatic heterocycles. The van der Waals surface area contributed by atoms with Gasteiger partial charge in [-0.05, 0) is 37.3 Å². The summed E-state index contributed by atoms with van der Waals surface area (Å²) in [6.45, 7) is 1.45. The van der Waals surface area contributed by atoms with Crippen molar-refractivity contribution in [1.29, 1.82) is 0 Å². The molecule has 1 aromatic heterocycles. The first kappa shape index (κ1) is 25.1. The number of hydrogen-bond donors (Lipinski definition) is 2. The zero-order valence-electron chi connectivity index (χ0n) is 19.4. The van der Waals surface area contributed by atoms with E-state index >= 15 is 0 Å². The van der Waals surface area contributed by atoms with Crippen LogP contribution in [0.25, 0.3) is 11.1 Å². The number of aromatic nitrogens is 1. The highest BCUT2D eigenvalue weighted by Crippen LogP contribution is 2.31. The molecule has 35 heavy (non-hydrogen) atoms. The number of ether oxygens (including phenoxy) is 1. The SMILES string of the molecule is O=C(CCCNC(=O)C(CNC(=O)N1CCOCC1)S(=O)(=O)CC1CC1)c1nc2ccccc2o1. The van der Waals surface area contributed by atoms with E-state index in [4.69, 9.17) is 9.15 Å². The first-order valence-corrected chi connectivity index (χ1v) is 13.5. The molecule has 2 heterocycles. The summed E-state index contributed by atoms with van der Waals surface area (Å²) in [5, 5.41) is 3.82. The lowest BCUT2D eigenvalue weighted by Crippen LogP contribution is -2.52. The zero-order valence-corrected chi connectivity index (χ0v) is 20.2. The number of carbonyl (C=O) groups excluding carboxylic acids is 3. The third-order valence-corrected chi connectivity index (χ3v) is 8.22. The topological polar surface area (TPSA) is 148 Å². The predicted octanol–water partition coefficient (Wildman–Crippen LogP) is 1.14. The number of benzene rings is 1.